The Morgan fingerprint density at radius 3 is 2.62 bits per heavy atom. The number of carboxylic acid groups (broad SMARTS) is 1. The minimum absolute atomic E-state index is 0.191. The summed E-state index contributed by atoms with van der Waals surface area (Å²) in [7, 11) is 2.99. The van der Waals surface area contributed by atoms with Crippen molar-refractivity contribution in [3.05, 3.63) is 24.3 Å². The Morgan fingerprint density at radius 2 is 2.00 bits per heavy atom. The Balaban J connectivity index is 2.46. The van der Waals surface area contributed by atoms with Gasteiger partial charge in [0.1, 0.15) is 17.5 Å². The van der Waals surface area contributed by atoms with Crippen LogP contribution in [0.2, 0.25) is 0 Å². The molecule has 1 aromatic carbocycles. The van der Waals surface area contributed by atoms with Crippen molar-refractivity contribution in [1.29, 1.82) is 0 Å². The predicted octanol–water partition coefficient (Wildman–Crippen LogP) is 0.680. The van der Waals surface area contributed by atoms with Crippen molar-refractivity contribution in [2.45, 2.75) is 12.5 Å². The molecule has 0 heterocycles. The summed E-state index contributed by atoms with van der Waals surface area (Å²) in [5, 5.41) is 11.4. The molecule has 0 aliphatic rings. The number of hydrogen-bond acceptors (Lipinski definition) is 5. The highest BCUT2D eigenvalue weighted by Gasteiger charge is 2.19. The fourth-order valence-corrected chi connectivity index (χ4v) is 1.57. The molecule has 1 aromatic rings. The average Bonchev–Trinajstić information content (AvgIpc) is 2.49. The summed E-state index contributed by atoms with van der Waals surface area (Å²) in [5.41, 5.74) is 0. The van der Waals surface area contributed by atoms with E-state index in [-0.39, 0.29) is 19.6 Å². The van der Waals surface area contributed by atoms with Gasteiger partial charge in [0.2, 0.25) is 0 Å². The second-order valence-corrected chi connectivity index (χ2v) is 4.21. The van der Waals surface area contributed by atoms with Crippen LogP contribution in [0.3, 0.4) is 0 Å². The van der Waals surface area contributed by atoms with Crippen LogP contribution in [0.15, 0.2) is 24.3 Å². The number of carbonyl (C=O) groups is 2. The monoisotopic (exact) mass is 297 g/mol. The molecular formula is C14H19NO6. The van der Waals surface area contributed by atoms with Gasteiger partial charge in [0.25, 0.3) is 5.91 Å². The third-order valence-electron chi connectivity index (χ3n) is 2.66. The number of hydrogen-bond donors (Lipinski definition) is 2. The molecule has 0 aliphatic heterocycles. The maximum absolute atomic E-state index is 11.7. The SMILES string of the molecule is COCCC(NC(=O)COc1cccc(OC)c1)C(=O)O. The quantitative estimate of drug-likeness (QED) is 0.696. The number of rotatable bonds is 9. The van der Waals surface area contributed by atoms with Gasteiger partial charge < -0.3 is 24.6 Å². The second kappa shape index (κ2) is 8.80. The number of carboxylic acids is 1. The summed E-state index contributed by atoms with van der Waals surface area (Å²) in [5.74, 6) is -0.548. The zero-order valence-corrected chi connectivity index (χ0v) is 12.0. The number of amides is 1. The van der Waals surface area contributed by atoms with Crippen molar-refractivity contribution in [2.75, 3.05) is 27.4 Å². The van der Waals surface area contributed by atoms with E-state index in [4.69, 9.17) is 19.3 Å². The molecule has 0 aromatic heterocycles. The standard InChI is InChI=1S/C14H19NO6/c1-19-7-6-12(14(17)18)15-13(16)9-21-11-5-3-4-10(8-11)20-2/h3-5,8,12H,6-7,9H2,1-2H3,(H,15,16)(H,17,18). The van der Waals surface area contributed by atoms with Gasteiger partial charge in [-0.2, -0.15) is 0 Å². The molecule has 21 heavy (non-hydrogen) atoms. The number of methoxy groups -OCH3 is 2. The zero-order chi connectivity index (χ0) is 15.7. The lowest BCUT2D eigenvalue weighted by molar-refractivity contribution is -0.142. The third kappa shape index (κ3) is 6.13. The summed E-state index contributed by atoms with van der Waals surface area (Å²) in [4.78, 5) is 22.6. The minimum atomic E-state index is -1.11. The highest BCUT2D eigenvalue weighted by Crippen LogP contribution is 2.18. The first-order valence-corrected chi connectivity index (χ1v) is 6.34. The van der Waals surface area contributed by atoms with Gasteiger partial charge in [-0.25, -0.2) is 4.79 Å². The number of nitrogens with one attached hydrogen (secondary N) is 1. The average molecular weight is 297 g/mol. The topological polar surface area (TPSA) is 94.1 Å². The fourth-order valence-electron chi connectivity index (χ4n) is 1.57. The van der Waals surface area contributed by atoms with Crippen LogP contribution in [-0.2, 0) is 14.3 Å². The molecule has 0 fully saturated rings. The second-order valence-electron chi connectivity index (χ2n) is 4.21. The number of carbonyl (C=O) groups excluding carboxylic acids is 1. The molecular weight excluding hydrogens is 278 g/mol. The van der Waals surface area contributed by atoms with Gasteiger partial charge in [-0.3, -0.25) is 4.79 Å². The molecule has 0 saturated carbocycles. The van der Waals surface area contributed by atoms with Crippen LogP contribution in [0.4, 0.5) is 0 Å². The van der Waals surface area contributed by atoms with E-state index in [2.05, 4.69) is 5.32 Å². The largest absolute Gasteiger partial charge is 0.497 e. The van der Waals surface area contributed by atoms with Gasteiger partial charge in [-0.05, 0) is 12.1 Å². The molecule has 1 amide bonds. The molecule has 116 valence electrons. The van der Waals surface area contributed by atoms with Crippen molar-refractivity contribution >= 4 is 11.9 Å². The van der Waals surface area contributed by atoms with Crippen molar-refractivity contribution in [3.63, 3.8) is 0 Å². The van der Waals surface area contributed by atoms with Crippen LogP contribution >= 0.6 is 0 Å². The van der Waals surface area contributed by atoms with Crippen LogP contribution in [0, 0.1) is 0 Å². The van der Waals surface area contributed by atoms with E-state index in [1.165, 1.54) is 14.2 Å². The summed E-state index contributed by atoms with van der Waals surface area (Å²) in [6.45, 7) is -0.0298. The smallest absolute Gasteiger partial charge is 0.326 e. The third-order valence-corrected chi connectivity index (χ3v) is 2.66. The van der Waals surface area contributed by atoms with Crippen molar-refractivity contribution in [1.82, 2.24) is 5.32 Å². The Hall–Kier alpha value is -2.28. The van der Waals surface area contributed by atoms with Gasteiger partial charge >= 0.3 is 5.97 Å². The first-order valence-electron chi connectivity index (χ1n) is 6.34. The molecule has 7 heteroatoms. The number of ether oxygens (including phenoxy) is 3. The minimum Gasteiger partial charge on any atom is -0.497 e. The molecule has 1 atom stereocenters. The summed E-state index contributed by atoms with van der Waals surface area (Å²) in [6.07, 6.45) is 0.191. The summed E-state index contributed by atoms with van der Waals surface area (Å²) >= 11 is 0. The Morgan fingerprint density at radius 1 is 1.29 bits per heavy atom. The van der Waals surface area contributed by atoms with Crippen molar-refractivity contribution < 1.29 is 28.9 Å². The van der Waals surface area contributed by atoms with Gasteiger partial charge in [0.05, 0.1) is 7.11 Å². The van der Waals surface area contributed by atoms with Crippen molar-refractivity contribution in [3.8, 4) is 11.5 Å². The Labute approximate surface area is 122 Å². The van der Waals surface area contributed by atoms with E-state index in [0.29, 0.717) is 11.5 Å². The van der Waals surface area contributed by atoms with E-state index in [0.717, 1.165) is 0 Å². The fraction of sp³-hybridized carbons (Fsp3) is 0.429. The maximum atomic E-state index is 11.7. The first kappa shape index (κ1) is 16.8. The van der Waals surface area contributed by atoms with Crippen LogP contribution in [0.1, 0.15) is 6.42 Å². The maximum Gasteiger partial charge on any atom is 0.326 e. The lowest BCUT2D eigenvalue weighted by Crippen LogP contribution is -2.43. The molecule has 0 aliphatic carbocycles. The molecule has 2 N–H and O–H groups in total. The molecule has 7 nitrogen and oxygen atoms in total. The first-order chi connectivity index (χ1) is 10.1. The van der Waals surface area contributed by atoms with E-state index in [1.54, 1.807) is 24.3 Å². The zero-order valence-electron chi connectivity index (χ0n) is 12.0. The molecule has 1 unspecified atom stereocenters. The van der Waals surface area contributed by atoms with Crippen LogP contribution in [0.5, 0.6) is 11.5 Å². The van der Waals surface area contributed by atoms with Crippen molar-refractivity contribution in [2.24, 2.45) is 0 Å². The highest BCUT2D eigenvalue weighted by molar-refractivity contribution is 5.84. The van der Waals surface area contributed by atoms with Gasteiger partial charge in [-0.1, -0.05) is 6.07 Å². The van der Waals surface area contributed by atoms with E-state index in [1.807, 2.05) is 0 Å². The molecule has 0 radical (unpaired) electrons. The summed E-state index contributed by atoms with van der Waals surface area (Å²) in [6, 6.07) is 5.79. The van der Waals surface area contributed by atoms with Gasteiger partial charge in [-0.15, -0.1) is 0 Å². The van der Waals surface area contributed by atoms with Crippen LogP contribution in [0.25, 0.3) is 0 Å². The lowest BCUT2D eigenvalue weighted by Gasteiger charge is -2.14. The lowest BCUT2D eigenvalue weighted by atomic mass is 10.2. The molecule has 0 saturated heterocycles. The number of benzene rings is 1. The van der Waals surface area contributed by atoms with E-state index >= 15 is 0 Å². The Bertz CT molecular complexity index is 476. The van der Waals surface area contributed by atoms with E-state index < -0.39 is 17.9 Å². The summed E-state index contributed by atoms with van der Waals surface area (Å²) < 4.78 is 15.1. The molecule has 0 spiro atoms. The van der Waals surface area contributed by atoms with Gasteiger partial charge in [0.15, 0.2) is 6.61 Å². The predicted molar refractivity (Wildman–Crippen MR) is 74.5 cm³/mol. The number of aliphatic carboxylic acids is 1. The Kier molecular flexibility index (Phi) is 7.03. The van der Waals surface area contributed by atoms with Gasteiger partial charge in [0, 0.05) is 26.2 Å². The van der Waals surface area contributed by atoms with Crippen LogP contribution in [-0.4, -0.2) is 50.5 Å². The normalized spacial score (nSPS) is 11.5. The molecule has 0 bridgehead atoms. The highest BCUT2D eigenvalue weighted by atomic mass is 16.5. The van der Waals surface area contributed by atoms with E-state index in [9.17, 15) is 9.59 Å². The van der Waals surface area contributed by atoms with Crippen LogP contribution < -0.4 is 14.8 Å². The molecule has 1 rings (SSSR count).